The molecule has 0 aliphatic carbocycles. The summed E-state index contributed by atoms with van der Waals surface area (Å²) in [6, 6.07) is 10.7. The van der Waals surface area contributed by atoms with E-state index in [-0.39, 0.29) is 0 Å². The zero-order valence-corrected chi connectivity index (χ0v) is 15.6. The van der Waals surface area contributed by atoms with Crippen LogP contribution in [-0.2, 0) is 10.8 Å². The van der Waals surface area contributed by atoms with Crippen LogP contribution in [0.15, 0.2) is 42.5 Å². The number of rotatable bonds is 7. The topological polar surface area (TPSA) is 9.23 Å². The summed E-state index contributed by atoms with van der Waals surface area (Å²) < 4.78 is 6.26. The first-order chi connectivity index (χ1) is 9.72. The lowest BCUT2D eigenvalue weighted by molar-refractivity contribution is 0.259. The largest absolute Gasteiger partial charge is 0.416 e. The minimum Gasteiger partial charge on any atom is -0.416 e. The average molecular weight is 305 g/mol. The van der Waals surface area contributed by atoms with Crippen molar-refractivity contribution in [2.75, 3.05) is 6.61 Å². The van der Waals surface area contributed by atoms with Gasteiger partial charge in [0.05, 0.1) is 0 Å². The molecule has 0 fully saturated rings. The van der Waals surface area contributed by atoms with Crippen molar-refractivity contribution in [2.24, 2.45) is 5.92 Å². The molecule has 0 aliphatic rings. The molecule has 1 rings (SSSR count). The normalized spacial score (nSPS) is 14.6. The maximum Gasteiger partial charge on any atom is 0.192 e. The van der Waals surface area contributed by atoms with Gasteiger partial charge in [-0.05, 0) is 42.5 Å². The van der Waals surface area contributed by atoms with Crippen LogP contribution in [0.25, 0.3) is 0 Å². The Labute approximate surface area is 132 Å². The molecule has 1 nitrogen and oxygen atoms in total. The molecule has 0 aromatic heterocycles. The molecule has 1 atom stereocenters. The Morgan fingerprint density at radius 1 is 1.14 bits per heavy atom. The summed E-state index contributed by atoms with van der Waals surface area (Å²) in [6.07, 6.45) is 6.82. The van der Waals surface area contributed by atoms with E-state index in [1.165, 1.54) is 5.56 Å². The van der Waals surface area contributed by atoms with E-state index in [9.17, 15) is 0 Å². The number of hydrogen-bond donors (Lipinski definition) is 0. The minimum absolute atomic E-state index is 0.295. The van der Waals surface area contributed by atoms with E-state index in [1.54, 1.807) is 0 Å². The highest BCUT2D eigenvalue weighted by atomic mass is 28.4. The molecular formula is C19H32OSi. The molecule has 0 amide bonds. The second-order valence-electron chi connectivity index (χ2n) is 7.50. The van der Waals surface area contributed by atoms with Gasteiger partial charge >= 0.3 is 0 Å². The zero-order chi connectivity index (χ0) is 15.9. The van der Waals surface area contributed by atoms with Gasteiger partial charge in [-0.15, -0.1) is 0 Å². The Bertz CT molecular complexity index is 429. The lowest BCUT2D eigenvalue weighted by Gasteiger charge is -2.36. The molecule has 0 saturated carbocycles. The molecule has 0 radical (unpaired) electrons. The maximum absolute atomic E-state index is 6.26. The molecule has 21 heavy (non-hydrogen) atoms. The average Bonchev–Trinajstić information content (AvgIpc) is 2.41. The third-order valence-corrected chi connectivity index (χ3v) is 8.92. The summed E-state index contributed by atoms with van der Waals surface area (Å²) in [7, 11) is -1.60. The molecular weight excluding hydrogens is 272 g/mol. The van der Waals surface area contributed by atoms with E-state index in [0.29, 0.717) is 11.0 Å². The lowest BCUT2D eigenvalue weighted by atomic mass is 10.1. The lowest BCUT2D eigenvalue weighted by Crippen LogP contribution is -2.41. The maximum atomic E-state index is 6.26. The number of hydrogen-bond acceptors (Lipinski definition) is 1. The van der Waals surface area contributed by atoms with Gasteiger partial charge in [0, 0.05) is 6.61 Å². The summed E-state index contributed by atoms with van der Waals surface area (Å²) in [6.45, 7) is 14.6. The summed E-state index contributed by atoms with van der Waals surface area (Å²) in [5.74, 6) is 0.495. The van der Waals surface area contributed by atoms with E-state index in [1.807, 2.05) is 0 Å². The van der Waals surface area contributed by atoms with Gasteiger partial charge in [0.25, 0.3) is 0 Å². The number of benzene rings is 1. The first kappa shape index (κ1) is 18.2. The summed E-state index contributed by atoms with van der Waals surface area (Å²) in [5, 5.41) is 0.295. The minimum atomic E-state index is -1.60. The van der Waals surface area contributed by atoms with Crippen molar-refractivity contribution in [3.63, 3.8) is 0 Å². The monoisotopic (exact) mass is 304 g/mol. The van der Waals surface area contributed by atoms with Crippen molar-refractivity contribution in [2.45, 2.75) is 58.7 Å². The first-order valence-corrected chi connectivity index (χ1v) is 11.0. The van der Waals surface area contributed by atoms with Crippen LogP contribution < -0.4 is 0 Å². The van der Waals surface area contributed by atoms with Crippen molar-refractivity contribution >= 4 is 8.32 Å². The molecule has 1 aromatic carbocycles. The Morgan fingerprint density at radius 3 is 2.33 bits per heavy atom. The molecule has 0 spiro atoms. The molecule has 0 unspecified atom stereocenters. The van der Waals surface area contributed by atoms with Crippen molar-refractivity contribution < 1.29 is 4.43 Å². The van der Waals surface area contributed by atoms with Crippen molar-refractivity contribution in [3.05, 3.63) is 48.0 Å². The van der Waals surface area contributed by atoms with E-state index in [0.717, 1.165) is 19.4 Å². The Kier molecular flexibility index (Phi) is 6.89. The van der Waals surface area contributed by atoms with Crippen LogP contribution in [0.5, 0.6) is 0 Å². The van der Waals surface area contributed by atoms with Crippen LogP contribution in [-0.4, -0.2) is 14.9 Å². The van der Waals surface area contributed by atoms with Crippen LogP contribution >= 0.6 is 0 Å². The highest BCUT2D eigenvalue weighted by molar-refractivity contribution is 6.74. The van der Waals surface area contributed by atoms with E-state index < -0.39 is 8.32 Å². The summed E-state index contributed by atoms with van der Waals surface area (Å²) >= 11 is 0. The molecule has 1 aromatic rings. The van der Waals surface area contributed by atoms with Gasteiger partial charge in [-0.2, -0.15) is 0 Å². The van der Waals surface area contributed by atoms with E-state index in [2.05, 4.69) is 83.3 Å². The van der Waals surface area contributed by atoms with Crippen molar-refractivity contribution in [1.29, 1.82) is 0 Å². The fourth-order valence-corrected chi connectivity index (χ4v) is 2.95. The number of aryl methyl sites for hydroxylation is 1. The summed E-state index contributed by atoms with van der Waals surface area (Å²) in [4.78, 5) is 0. The van der Waals surface area contributed by atoms with Gasteiger partial charge in [0.15, 0.2) is 8.32 Å². The standard InChI is InChI=1S/C19H32OSi/c1-17(16-20-21(5,6)19(2,3)4)12-10-11-15-18-13-8-7-9-14-18/h7-10,12-14,17H,11,15-16H2,1-6H3/b12-10+/t17-/m0/s1. The smallest absolute Gasteiger partial charge is 0.192 e. The highest BCUT2D eigenvalue weighted by Crippen LogP contribution is 2.36. The van der Waals surface area contributed by atoms with E-state index >= 15 is 0 Å². The molecule has 0 heterocycles. The quantitative estimate of drug-likeness (QED) is 0.454. The van der Waals surface area contributed by atoms with Gasteiger partial charge in [-0.25, -0.2) is 0 Å². The Balaban J connectivity index is 2.30. The Morgan fingerprint density at radius 2 is 1.76 bits per heavy atom. The number of allylic oxidation sites excluding steroid dienone is 1. The predicted molar refractivity (Wildman–Crippen MR) is 96.2 cm³/mol. The molecule has 0 saturated heterocycles. The Hall–Kier alpha value is -0.863. The van der Waals surface area contributed by atoms with Gasteiger partial charge in [-0.1, -0.05) is 70.2 Å². The fraction of sp³-hybridized carbons (Fsp3) is 0.579. The first-order valence-electron chi connectivity index (χ1n) is 8.07. The van der Waals surface area contributed by atoms with E-state index in [4.69, 9.17) is 4.43 Å². The van der Waals surface area contributed by atoms with Crippen molar-refractivity contribution in [1.82, 2.24) is 0 Å². The highest BCUT2D eigenvalue weighted by Gasteiger charge is 2.37. The molecule has 0 bridgehead atoms. The SMILES string of the molecule is C[C@@H](/C=C/CCc1ccccc1)CO[Si](C)(C)C(C)(C)C. The predicted octanol–water partition coefficient (Wildman–Crippen LogP) is 5.83. The molecule has 0 aliphatic heterocycles. The molecule has 2 heteroatoms. The molecule has 118 valence electrons. The van der Waals surface area contributed by atoms with Crippen LogP contribution in [0.1, 0.15) is 39.7 Å². The van der Waals surface area contributed by atoms with Gasteiger partial charge < -0.3 is 4.43 Å². The third kappa shape index (κ3) is 6.62. The van der Waals surface area contributed by atoms with Crippen LogP contribution in [0.3, 0.4) is 0 Å². The third-order valence-electron chi connectivity index (χ3n) is 4.42. The van der Waals surface area contributed by atoms with Gasteiger partial charge in [0.1, 0.15) is 0 Å². The molecule has 0 N–H and O–H groups in total. The van der Waals surface area contributed by atoms with Crippen LogP contribution in [0.4, 0.5) is 0 Å². The summed E-state index contributed by atoms with van der Waals surface area (Å²) in [5.41, 5.74) is 1.41. The van der Waals surface area contributed by atoms with Crippen LogP contribution in [0, 0.1) is 5.92 Å². The van der Waals surface area contributed by atoms with Gasteiger partial charge in [0.2, 0.25) is 0 Å². The second-order valence-corrected chi connectivity index (χ2v) is 12.3. The zero-order valence-electron chi connectivity index (χ0n) is 14.6. The van der Waals surface area contributed by atoms with Gasteiger partial charge in [-0.3, -0.25) is 0 Å². The van der Waals surface area contributed by atoms with Crippen LogP contribution in [0.2, 0.25) is 18.1 Å². The fourth-order valence-electron chi connectivity index (χ4n) is 1.84. The second kappa shape index (κ2) is 7.95. The van der Waals surface area contributed by atoms with Crippen molar-refractivity contribution in [3.8, 4) is 0 Å².